The summed E-state index contributed by atoms with van der Waals surface area (Å²) in [6.45, 7) is 11.2. The normalized spacial score (nSPS) is 14.2. The number of rotatable bonds is 3. The highest BCUT2D eigenvalue weighted by molar-refractivity contribution is 5.93. The summed E-state index contributed by atoms with van der Waals surface area (Å²) in [7, 11) is 1.64. The van der Waals surface area contributed by atoms with Crippen LogP contribution >= 0.6 is 0 Å². The highest BCUT2D eigenvalue weighted by atomic mass is 16.5. The number of hydrogen-bond acceptors (Lipinski definition) is 5. The van der Waals surface area contributed by atoms with Gasteiger partial charge in [0.25, 0.3) is 0 Å². The first kappa shape index (κ1) is 24.9. The number of aromatic hydroxyl groups is 1. The minimum atomic E-state index is -0.213. The molecule has 0 unspecified atom stereocenters. The lowest BCUT2D eigenvalue weighted by atomic mass is 9.73. The zero-order chi connectivity index (χ0) is 27.5. The van der Waals surface area contributed by atoms with Gasteiger partial charge in [-0.05, 0) is 58.5 Å². The molecule has 5 aromatic rings. The Hall–Kier alpha value is -4.38. The Morgan fingerprint density at radius 2 is 1.62 bits per heavy atom. The van der Waals surface area contributed by atoms with Gasteiger partial charge in [-0.15, -0.1) is 0 Å². The van der Waals surface area contributed by atoms with Crippen molar-refractivity contribution in [2.75, 3.05) is 12.0 Å². The summed E-state index contributed by atoms with van der Waals surface area (Å²) in [6.07, 6.45) is 1.90. The van der Waals surface area contributed by atoms with Crippen LogP contribution in [0.25, 0.3) is 22.2 Å². The molecule has 0 fully saturated rings. The molecule has 0 amide bonds. The fourth-order valence-electron chi connectivity index (χ4n) is 5.65. The molecule has 1 N–H and O–H groups in total. The van der Waals surface area contributed by atoms with Gasteiger partial charge in [-0.3, -0.25) is 4.90 Å². The second kappa shape index (κ2) is 8.84. The molecule has 0 saturated carbocycles. The quantitative estimate of drug-likeness (QED) is 0.261. The summed E-state index contributed by atoms with van der Waals surface area (Å²) < 4.78 is 5.70. The number of phenolic OH excluding ortho intramolecular Hbond substituents is 1. The molecule has 1 aliphatic rings. The molecule has 0 saturated heterocycles. The van der Waals surface area contributed by atoms with E-state index >= 15 is 0 Å². The lowest BCUT2D eigenvalue weighted by molar-refractivity contribution is 0.419. The molecular formula is C34H33N3O2. The molecular weight excluding hydrogens is 482 g/mol. The van der Waals surface area contributed by atoms with Crippen LogP contribution in [-0.4, -0.2) is 22.2 Å². The molecule has 0 aliphatic carbocycles. The molecule has 39 heavy (non-hydrogen) atoms. The molecule has 3 heterocycles. The van der Waals surface area contributed by atoms with E-state index in [9.17, 15) is 5.11 Å². The maximum Gasteiger partial charge on any atom is 0.141 e. The van der Waals surface area contributed by atoms with Crippen molar-refractivity contribution >= 4 is 28.1 Å². The molecule has 3 aromatic carbocycles. The number of pyridine rings is 2. The predicted octanol–water partition coefficient (Wildman–Crippen LogP) is 8.42. The largest absolute Gasteiger partial charge is 0.506 e. The van der Waals surface area contributed by atoms with E-state index < -0.39 is 0 Å². The van der Waals surface area contributed by atoms with Crippen LogP contribution in [0.15, 0.2) is 85.1 Å². The first-order valence-corrected chi connectivity index (χ1v) is 13.3. The molecule has 196 valence electrons. The van der Waals surface area contributed by atoms with Crippen LogP contribution in [0.4, 0.5) is 17.2 Å². The summed E-state index contributed by atoms with van der Waals surface area (Å²) in [5.74, 6) is 1.68. The minimum absolute atomic E-state index is 0.00941. The van der Waals surface area contributed by atoms with Crippen LogP contribution in [0.2, 0.25) is 0 Å². The SMILES string of the molecule is COc1cc(-c2ccc3c(c2)N(c2cc(C(C)(C)C)ccn2)c2ccccc2C3(C)C)nc2c(O)cccc12. The number of hydrogen-bond donors (Lipinski definition) is 1. The van der Waals surface area contributed by atoms with Crippen LogP contribution in [0.3, 0.4) is 0 Å². The van der Waals surface area contributed by atoms with Crippen LogP contribution in [-0.2, 0) is 10.8 Å². The number of anilines is 3. The Balaban J connectivity index is 1.61. The third-order valence-electron chi connectivity index (χ3n) is 7.87. The number of phenols is 1. The first-order chi connectivity index (χ1) is 18.6. The fraction of sp³-hybridized carbons (Fsp3) is 0.235. The number of ether oxygens (including phenoxy) is 1. The third-order valence-corrected chi connectivity index (χ3v) is 7.87. The monoisotopic (exact) mass is 515 g/mol. The summed E-state index contributed by atoms with van der Waals surface area (Å²) in [4.78, 5) is 12.0. The van der Waals surface area contributed by atoms with E-state index in [0.717, 1.165) is 33.8 Å². The van der Waals surface area contributed by atoms with Crippen LogP contribution < -0.4 is 9.64 Å². The fourth-order valence-corrected chi connectivity index (χ4v) is 5.65. The topological polar surface area (TPSA) is 58.5 Å². The number of nitrogens with zero attached hydrogens (tertiary/aromatic N) is 3. The predicted molar refractivity (Wildman–Crippen MR) is 159 cm³/mol. The van der Waals surface area contributed by atoms with Crippen molar-refractivity contribution in [3.05, 3.63) is 102 Å². The summed E-state index contributed by atoms with van der Waals surface area (Å²) in [5, 5.41) is 11.4. The Morgan fingerprint density at radius 1 is 0.846 bits per heavy atom. The van der Waals surface area contributed by atoms with Crippen LogP contribution in [0.5, 0.6) is 11.5 Å². The maximum atomic E-state index is 10.6. The van der Waals surface area contributed by atoms with E-state index in [4.69, 9.17) is 14.7 Å². The molecule has 1 aliphatic heterocycles. The van der Waals surface area contributed by atoms with Gasteiger partial charge < -0.3 is 9.84 Å². The molecule has 0 atom stereocenters. The Bertz CT molecular complexity index is 1730. The maximum absolute atomic E-state index is 10.6. The van der Waals surface area contributed by atoms with E-state index in [1.807, 2.05) is 18.3 Å². The Labute approximate surface area is 229 Å². The van der Waals surface area contributed by atoms with Gasteiger partial charge in [0.05, 0.1) is 24.2 Å². The highest BCUT2D eigenvalue weighted by Crippen LogP contribution is 2.52. The molecule has 0 spiro atoms. The number of fused-ring (bicyclic) bond motifs is 3. The molecule has 5 nitrogen and oxygen atoms in total. The number of methoxy groups -OCH3 is 1. The molecule has 2 aromatic heterocycles. The van der Waals surface area contributed by atoms with Crippen LogP contribution in [0, 0.1) is 0 Å². The van der Waals surface area contributed by atoms with E-state index in [2.05, 4.69) is 94.1 Å². The average Bonchev–Trinajstić information content (AvgIpc) is 2.92. The van der Waals surface area contributed by atoms with Gasteiger partial charge in [-0.2, -0.15) is 0 Å². The van der Waals surface area contributed by atoms with Crippen LogP contribution in [0.1, 0.15) is 51.3 Å². The first-order valence-electron chi connectivity index (χ1n) is 13.3. The van der Waals surface area contributed by atoms with Crippen molar-refractivity contribution in [1.82, 2.24) is 9.97 Å². The van der Waals surface area contributed by atoms with Gasteiger partial charge in [0.1, 0.15) is 22.8 Å². The third kappa shape index (κ3) is 4.00. The summed E-state index contributed by atoms with van der Waals surface area (Å²) in [5.41, 5.74) is 7.84. The lowest BCUT2D eigenvalue weighted by Crippen LogP contribution is -2.31. The summed E-state index contributed by atoms with van der Waals surface area (Å²) in [6, 6.07) is 26.7. The van der Waals surface area contributed by atoms with Gasteiger partial charge in [0, 0.05) is 28.6 Å². The highest BCUT2D eigenvalue weighted by Gasteiger charge is 2.37. The molecule has 0 radical (unpaired) electrons. The smallest absolute Gasteiger partial charge is 0.141 e. The second-order valence-electron chi connectivity index (χ2n) is 11.7. The zero-order valence-corrected chi connectivity index (χ0v) is 23.3. The Morgan fingerprint density at radius 3 is 2.38 bits per heavy atom. The number of aromatic nitrogens is 2. The van der Waals surface area contributed by atoms with E-state index in [0.29, 0.717) is 11.3 Å². The Kier molecular flexibility index (Phi) is 5.65. The van der Waals surface area contributed by atoms with Crippen molar-refractivity contribution in [3.63, 3.8) is 0 Å². The number of para-hydroxylation sites is 2. The van der Waals surface area contributed by atoms with Gasteiger partial charge in [0.2, 0.25) is 0 Å². The lowest BCUT2D eigenvalue weighted by Gasteiger charge is -2.42. The minimum Gasteiger partial charge on any atom is -0.506 e. The van der Waals surface area contributed by atoms with Crippen molar-refractivity contribution in [2.45, 2.75) is 45.4 Å². The van der Waals surface area contributed by atoms with Gasteiger partial charge in [-0.1, -0.05) is 71.0 Å². The van der Waals surface area contributed by atoms with Crippen molar-refractivity contribution in [2.24, 2.45) is 0 Å². The van der Waals surface area contributed by atoms with Gasteiger partial charge in [-0.25, -0.2) is 9.97 Å². The standard InChI is InChI=1S/C34H33N3O2/c1-33(2,3)22-16-17-35-31(19-22)37-27-12-8-7-11-24(27)34(4,5)25-15-14-21(18-28(25)37)26-20-30(39-6)23-10-9-13-29(38)32(23)36-26/h7-20,38H,1-6H3. The van der Waals surface area contributed by atoms with Crippen molar-refractivity contribution < 1.29 is 9.84 Å². The van der Waals surface area contributed by atoms with E-state index in [-0.39, 0.29) is 16.6 Å². The van der Waals surface area contributed by atoms with Gasteiger partial charge >= 0.3 is 0 Å². The molecule has 6 rings (SSSR count). The molecule has 0 bridgehead atoms. The second-order valence-corrected chi connectivity index (χ2v) is 11.7. The average molecular weight is 516 g/mol. The van der Waals surface area contributed by atoms with E-state index in [1.165, 1.54) is 16.7 Å². The van der Waals surface area contributed by atoms with Crippen molar-refractivity contribution in [3.8, 4) is 22.8 Å². The zero-order valence-electron chi connectivity index (χ0n) is 23.3. The van der Waals surface area contributed by atoms with E-state index in [1.54, 1.807) is 19.2 Å². The van der Waals surface area contributed by atoms with Gasteiger partial charge in [0.15, 0.2) is 0 Å². The summed E-state index contributed by atoms with van der Waals surface area (Å²) >= 11 is 0. The number of benzene rings is 3. The van der Waals surface area contributed by atoms with Crippen molar-refractivity contribution in [1.29, 1.82) is 0 Å². The molecule has 5 heteroatoms.